The number of nitrogens with zero attached hydrogens (tertiary/aromatic N) is 1. The summed E-state index contributed by atoms with van der Waals surface area (Å²) in [5, 5.41) is 1.94. The Hall–Kier alpha value is -1.86. The summed E-state index contributed by atoms with van der Waals surface area (Å²) in [4.78, 5) is 23.2. The third-order valence-electron chi connectivity index (χ3n) is 2.74. The highest BCUT2D eigenvalue weighted by Crippen LogP contribution is 2.36. The largest absolute Gasteiger partial charge is 0.446 e. The van der Waals surface area contributed by atoms with E-state index in [-0.39, 0.29) is 11.8 Å². The Morgan fingerprint density at radius 2 is 2.10 bits per heavy atom. The number of thiophene rings is 1. The standard InChI is InChI=1S/C12H11N2O5PS/c13-12-14-11(8-3-4-10(18-8)20(15,16)17)9(19-12)6-7-2-1-5-21-7/h1-5H,6H2,(H2,13,14)(H2,15,16,17). The van der Waals surface area contributed by atoms with Gasteiger partial charge in [-0.3, -0.25) is 4.57 Å². The molecule has 3 aromatic heterocycles. The Morgan fingerprint density at radius 3 is 2.71 bits per heavy atom. The van der Waals surface area contributed by atoms with E-state index in [1.54, 1.807) is 11.3 Å². The van der Waals surface area contributed by atoms with Gasteiger partial charge in [0.1, 0.15) is 11.5 Å². The van der Waals surface area contributed by atoms with Crippen LogP contribution in [-0.2, 0) is 11.0 Å². The molecule has 0 aliphatic heterocycles. The summed E-state index contributed by atoms with van der Waals surface area (Å²) in [7, 11) is -4.44. The number of nitrogens with two attached hydrogens (primary N) is 1. The van der Waals surface area contributed by atoms with E-state index in [1.165, 1.54) is 12.1 Å². The van der Waals surface area contributed by atoms with E-state index in [9.17, 15) is 4.57 Å². The number of hydrogen-bond acceptors (Lipinski definition) is 6. The monoisotopic (exact) mass is 326 g/mol. The van der Waals surface area contributed by atoms with Gasteiger partial charge >= 0.3 is 7.60 Å². The Bertz CT molecular complexity index is 802. The van der Waals surface area contributed by atoms with Gasteiger partial charge in [-0.15, -0.1) is 11.3 Å². The molecule has 3 heterocycles. The zero-order valence-electron chi connectivity index (χ0n) is 10.6. The molecule has 0 aromatic carbocycles. The van der Waals surface area contributed by atoms with Crippen LogP contribution in [0.5, 0.6) is 0 Å². The lowest BCUT2D eigenvalue weighted by molar-refractivity contribution is 0.377. The molecule has 3 rings (SSSR count). The fraction of sp³-hybridized carbons (Fsp3) is 0.0833. The summed E-state index contributed by atoms with van der Waals surface area (Å²) in [5.41, 5.74) is 5.50. The maximum Gasteiger partial charge on any atom is 0.391 e. The first-order chi connectivity index (χ1) is 9.93. The third kappa shape index (κ3) is 2.93. The fourth-order valence-electron chi connectivity index (χ4n) is 1.87. The molecule has 9 heteroatoms. The van der Waals surface area contributed by atoms with Crippen molar-refractivity contribution in [2.24, 2.45) is 0 Å². The molecule has 0 atom stereocenters. The van der Waals surface area contributed by atoms with Crippen molar-refractivity contribution in [3.8, 4) is 11.5 Å². The van der Waals surface area contributed by atoms with Crippen molar-refractivity contribution in [3.05, 3.63) is 40.3 Å². The number of anilines is 1. The first-order valence-electron chi connectivity index (χ1n) is 5.87. The minimum Gasteiger partial charge on any atom is -0.446 e. The van der Waals surface area contributed by atoms with Gasteiger partial charge in [-0.2, -0.15) is 4.98 Å². The number of rotatable bonds is 4. The van der Waals surface area contributed by atoms with Gasteiger partial charge in [0.25, 0.3) is 6.01 Å². The Kier molecular flexibility index (Phi) is 3.46. The molecular formula is C12H11N2O5PS. The van der Waals surface area contributed by atoms with Crippen LogP contribution in [0.3, 0.4) is 0 Å². The van der Waals surface area contributed by atoms with Gasteiger partial charge in [-0.25, -0.2) is 0 Å². The predicted molar refractivity (Wildman–Crippen MR) is 77.4 cm³/mol. The van der Waals surface area contributed by atoms with Crippen LogP contribution in [0.25, 0.3) is 11.5 Å². The number of nitrogen functional groups attached to an aromatic ring is 1. The van der Waals surface area contributed by atoms with E-state index >= 15 is 0 Å². The molecule has 4 N–H and O–H groups in total. The van der Waals surface area contributed by atoms with Gasteiger partial charge in [0.2, 0.25) is 5.50 Å². The van der Waals surface area contributed by atoms with Crippen LogP contribution in [0.15, 0.2) is 38.5 Å². The molecular weight excluding hydrogens is 315 g/mol. The first-order valence-corrected chi connectivity index (χ1v) is 8.36. The molecule has 0 saturated carbocycles. The van der Waals surface area contributed by atoms with Crippen molar-refractivity contribution >= 4 is 30.4 Å². The Morgan fingerprint density at radius 1 is 1.29 bits per heavy atom. The van der Waals surface area contributed by atoms with E-state index < -0.39 is 13.1 Å². The zero-order valence-corrected chi connectivity index (χ0v) is 12.3. The quantitative estimate of drug-likeness (QED) is 0.626. The molecule has 0 amide bonds. The second-order valence-corrected chi connectivity index (χ2v) is 6.82. The lowest BCUT2D eigenvalue weighted by Gasteiger charge is -1.99. The molecule has 3 aromatic rings. The van der Waals surface area contributed by atoms with E-state index in [2.05, 4.69) is 4.98 Å². The van der Waals surface area contributed by atoms with Crippen molar-refractivity contribution in [1.29, 1.82) is 0 Å². The van der Waals surface area contributed by atoms with Gasteiger partial charge in [-0.05, 0) is 23.6 Å². The zero-order chi connectivity index (χ0) is 15.0. The predicted octanol–water partition coefficient (Wildman–Crippen LogP) is 1.97. The summed E-state index contributed by atoms with van der Waals surface area (Å²) in [6.45, 7) is 0. The second kappa shape index (κ2) is 5.16. The summed E-state index contributed by atoms with van der Waals surface area (Å²) in [6, 6.07) is 6.49. The highest BCUT2D eigenvalue weighted by molar-refractivity contribution is 7.59. The van der Waals surface area contributed by atoms with Crippen LogP contribution in [0, 0.1) is 0 Å². The van der Waals surface area contributed by atoms with Crippen molar-refractivity contribution in [3.63, 3.8) is 0 Å². The van der Waals surface area contributed by atoms with Gasteiger partial charge < -0.3 is 24.4 Å². The van der Waals surface area contributed by atoms with Gasteiger partial charge in [0.15, 0.2) is 5.76 Å². The van der Waals surface area contributed by atoms with Crippen LogP contribution >= 0.6 is 18.9 Å². The molecule has 21 heavy (non-hydrogen) atoms. The van der Waals surface area contributed by atoms with Crippen molar-refractivity contribution in [2.45, 2.75) is 6.42 Å². The topological polar surface area (TPSA) is 123 Å². The third-order valence-corrected chi connectivity index (χ3v) is 4.43. The van der Waals surface area contributed by atoms with Crippen LogP contribution in [0.1, 0.15) is 10.6 Å². The Balaban J connectivity index is 1.98. The number of furan rings is 1. The lowest BCUT2D eigenvalue weighted by atomic mass is 10.2. The summed E-state index contributed by atoms with van der Waals surface area (Å²) < 4.78 is 21.7. The van der Waals surface area contributed by atoms with Crippen LogP contribution in [-0.4, -0.2) is 14.8 Å². The van der Waals surface area contributed by atoms with E-state index in [1.807, 2.05) is 17.5 Å². The molecule has 0 unspecified atom stereocenters. The SMILES string of the molecule is Nc1nc(-c2ccc(P(=O)(O)O)o2)c(Cc2cccs2)o1. The molecule has 0 aliphatic rings. The van der Waals surface area contributed by atoms with E-state index in [0.717, 1.165) is 4.88 Å². The summed E-state index contributed by atoms with van der Waals surface area (Å²) in [5.74, 6) is 0.696. The average Bonchev–Trinajstić information content (AvgIpc) is 3.09. The highest BCUT2D eigenvalue weighted by Gasteiger charge is 2.25. The number of oxazole rings is 1. The molecule has 0 fully saturated rings. The number of aromatic nitrogens is 1. The number of hydrogen-bond donors (Lipinski definition) is 3. The molecule has 0 saturated heterocycles. The molecule has 7 nitrogen and oxygen atoms in total. The normalized spacial score (nSPS) is 11.9. The van der Waals surface area contributed by atoms with Gasteiger partial charge in [0, 0.05) is 11.3 Å². The maximum atomic E-state index is 11.2. The van der Waals surface area contributed by atoms with Crippen LogP contribution in [0.4, 0.5) is 6.01 Å². The van der Waals surface area contributed by atoms with Crippen LogP contribution < -0.4 is 11.2 Å². The smallest absolute Gasteiger partial charge is 0.391 e. The molecule has 0 bridgehead atoms. The first kappa shape index (κ1) is 14.1. The summed E-state index contributed by atoms with van der Waals surface area (Å²) in [6.07, 6.45) is 0.475. The Labute approximate surface area is 123 Å². The molecule has 0 radical (unpaired) electrons. The van der Waals surface area contributed by atoms with Gasteiger partial charge in [-0.1, -0.05) is 6.07 Å². The van der Waals surface area contributed by atoms with Gasteiger partial charge in [0.05, 0.1) is 0 Å². The summed E-state index contributed by atoms with van der Waals surface area (Å²) >= 11 is 1.56. The molecule has 110 valence electrons. The molecule has 0 spiro atoms. The average molecular weight is 326 g/mol. The van der Waals surface area contributed by atoms with E-state index in [0.29, 0.717) is 17.9 Å². The maximum absolute atomic E-state index is 11.2. The minimum atomic E-state index is -4.44. The second-order valence-electron chi connectivity index (χ2n) is 4.26. The van der Waals surface area contributed by atoms with Crippen molar-refractivity contribution in [2.75, 3.05) is 5.73 Å². The van der Waals surface area contributed by atoms with Crippen molar-refractivity contribution < 1.29 is 23.2 Å². The van der Waals surface area contributed by atoms with Crippen molar-refractivity contribution in [1.82, 2.24) is 4.98 Å². The fourth-order valence-corrected chi connectivity index (χ4v) is 3.05. The lowest BCUT2D eigenvalue weighted by Crippen LogP contribution is -1.98. The van der Waals surface area contributed by atoms with E-state index in [4.69, 9.17) is 24.4 Å². The minimum absolute atomic E-state index is 0.0225. The highest BCUT2D eigenvalue weighted by atomic mass is 32.1. The molecule has 0 aliphatic carbocycles. The van der Waals surface area contributed by atoms with Crippen LogP contribution in [0.2, 0.25) is 0 Å².